The molecule has 3 N–H and O–H groups in total. The fourth-order valence-electron chi connectivity index (χ4n) is 4.72. The molecule has 0 bridgehead atoms. The number of thiazole rings is 1. The Labute approximate surface area is 229 Å². The van der Waals surface area contributed by atoms with Crippen LogP contribution < -0.4 is 15.5 Å². The molecule has 0 spiro atoms. The largest absolute Gasteiger partial charge is 0.387 e. The van der Waals surface area contributed by atoms with Gasteiger partial charge in [0, 0.05) is 24.0 Å². The summed E-state index contributed by atoms with van der Waals surface area (Å²) in [5.41, 5.74) is -0.444. The second-order valence-corrected chi connectivity index (χ2v) is 10.6. The predicted molar refractivity (Wildman–Crippen MR) is 145 cm³/mol. The number of hydrogen-bond donors (Lipinski definition) is 3. The number of anilines is 2. The van der Waals surface area contributed by atoms with Gasteiger partial charge in [0.1, 0.15) is 17.6 Å². The van der Waals surface area contributed by atoms with E-state index >= 15 is 4.39 Å². The maximum absolute atomic E-state index is 15.1. The van der Waals surface area contributed by atoms with Crippen LogP contribution in [-0.2, 0) is 19.9 Å². The quantitative estimate of drug-likeness (QED) is 0.407. The summed E-state index contributed by atoms with van der Waals surface area (Å²) in [6.07, 6.45) is -1.09. The topological polar surface area (TPSA) is 126 Å². The molecule has 2 saturated heterocycles. The number of pyridine rings is 1. The van der Waals surface area contributed by atoms with Crippen molar-refractivity contribution < 1.29 is 28.6 Å². The zero-order valence-corrected chi connectivity index (χ0v) is 22.4. The smallest absolute Gasteiger partial charge is 0.251 e. The average Bonchev–Trinajstić information content (AvgIpc) is 3.53. The average molecular weight is 556 g/mol. The molecule has 0 saturated carbocycles. The molecule has 3 aromatic rings. The van der Waals surface area contributed by atoms with Crippen molar-refractivity contribution in [3.8, 4) is 11.4 Å². The van der Waals surface area contributed by atoms with E-state index in [0.29, 0.717) is 16.5 Å². The van der Waals surface area contributed by atoms with Crippen molar-refractivity contribution in [2.75, 3.05) is 43.1 Å². The number of amides is 2. The molecule has 206 valence electrons. The summed E-state index contributed by atoms with van der Waals surface area (Å²) in [5, 5.41) is 17.3. The standard InChI is InChI=1S/C27H30FN5O5S/c1-16-11-33(12-17(2)38-16)23-8-4-7-20(30-23)21-14-39-26(31-21)32-24(35)10-29-25(36)18-5-3-6-19(9-18)27(28)15-37-13-22(27)34/h3-9,14,16-17,22,34H,10-13,15H2,1-2H3,(H,29,36)(H,31,32,35)/t16-,17+,22?,27?. The zero-order chi connectivity index (χ0) is 27.6. The number of benzene rings is 1. The van der Waals surface area contributed by atoms with Gasteiger partial charge in [0.05, 0.1) is 37.7 Å². The molecule has 4 atom stereocenters. The summed E-state index contributed by atoms with van der Waals surface area (Å²) >= 11 is 1.25. The van der Waals surface area contributed by atoms with Crippen molar-refractivity contribution in [1.82, 2.24) is 15.3 Å². The number of carbonyl (C=O) groups is 2. The first kappa shape index (κ1) is 27.1. The van der Waals surface area contributed by atoms with E-state index in [0.717, 1.165) is 18.9 Å². The zero-order valence-electron chi connectivity index (χ0n) is 21.6. The minimum atomic E-state index is -2.08. The number of nitrogens with one attached hydrogen (secondary N) is 2. The van der Waals surface area contributed by atoms with Gasteiger partial charge >= 0.3 is 0 Å². The Kier molecular flexibility index (Phi) is 7.89. The van der Waals surface area contributed by atoms with Gasteiger partial charge in [0.2, 0.25) is 5.91 Å². The minimum absolute atomic E-state index is 0.111. The molecule has 39 heavy (non-hydrogen) atoms. The fourth-order valence-corrected chi connectivity index (χ4v) is 5.44. The van der Waals surface area contributed by atoms with Crippen LogP contribution in [0.5, 0.6) is 0 Å². The fraction of sp³-hybridized carbons (Fsp3) is 0.407. The Balaban J connectivity index is 1.17. The lowest BCUT2D eigenvalue weighted by molar-refractivity contribution is -0.115. The number of alkyl halides is 1. The highest BCUT2D eigenvalue weighted by atomic mass is 32.1. The number of nitrogens with zero attached hydrogens (tertiary/aromatic N) is 3. The minimum Gasteiger partial charge on any atom is -0.387 e. The number of ether oxygens (including phenoxy) is 2. The van der Waals surface area contributed by atoms with E-state index in [1.807, 2.05) is 37.4 Å². The summed E-state index contributed by atoms with van der Waals surface area (Å²) in [6.45, 7) is 4.88. The van der Waals surface area contributed by atoms with Crippen LogP contribution in [0, 0.1) is 0 Å². The Hall–Kier alpha value is -3.45. The van der Waals surface area contributed by atoms with E-state index in [-0.39, 0.29) is 43.1 Å². The molecule has 5 rings (SSSR count). The molecule has 4 heterocycles. The number of carbonyl (C=O) groups excluding carboxylic acids is 2. The van der Waals surface area contributed by atoms with Crippen LogP contribution in [0.1, 0.15) is 29.8 Å². The van der Waals surface area contributed by atoms with Crippen molar-refractivity contribution in [1.29, 1.82) is 0 Å². The van der Waals surface area contributed by atoms with Gasteiger partial charge in [-0.1, -0.05) is 18.2 Å². The normalized spacial score (nSPS) is 24.9. The third-order valence-corrected chi connectivity index (χ3v) is 7.38. The molecule has 10 nitrogen and oxygen atoms in total. The van der Waals surface area contributed by atoms with Crippen LogP contribution >= 0.6 is 11.3 Å². The van der Waals surface area contributed by atoms with Crippen molar-refractivity contribution in [3.63, 3.8) is 0 Å². The van der Waals surface area contributed by atoms with Crippen LogP contribution in [0.15, 0.2) is 47.8 Å². The number of rotatable bonds is 7. The maximum atomic E-state index is 15.1. The predicted octanol–water partition coefficient (Wildman–Crippen LogP) is 2.74. The van der Waals surface area contributed by atoms with Crippen LogP contribution in [0.2, 0.25) is 0 Å². The molecule has 0 aliphatic carbocycles. The summed E-state index contributed by atoms with van der Waals surface area (Å²) in [5.74, 6) is -0.162. The van der Waals surface area contributed by atoms with Gasteiger partial charge in [-0.2, -0.15) is 0 Å². The highest BCUT2D eigenvalue weighted by Crippen LogP contribution is 2.35. The van der Waals surface area contributed by atoms with Crippen molar-refractivity contribution in [3.05, 3.63) is 59.0 Å². The highest BCUT2D eigenvalue weighted by Gasteiger charge is 2.45. The molecule has 12 heteroatoms. The second-order valence-electron chi connectivity index (χ2n) is 9.79. The van der Waals surface area contributed by atoms with Crippen LogP contribution in [0.4, 0.5) is 15.3 Å². The molecule has 2 aromatic heterocycles. The summed E-state index contributed by atoms with van der Waals surface area (Å²) in [7, 11) is 0. The first-order valence-corrected chi connectivity index (χ1v) is 13.6. The van der Waals surface area contributed by atoms with Gasteiger partial charge in [-0.15, -0.1) is 11.3 Å². The lowest BCUT2D eigenvalue weighted by atomic mass is 9.91. The first-order chi connectivity index (χ1) is 18.7. The van der Waals surface area contributed by atoms with Crippen molar-refractivity contribution in [2.45, 2.75) is 37.8 Å². The summed E-state index contributed by atoms with van der Waals surface area (Å²) < 4.78 is 26.0. The third kappa shape index (κ3) is 6.09. The number of aliphatic hydroxyl groups is 1. The van der Waals surface area contributed by atoms with Crippen LogP contribution in [-0.4, -0.2) is 78.0 Å². The number of halogens is 1. The molecule has 2 aliphatic rings. The van der Waals surface area contributed by atoms with E-state index in [1.165, 1.54) is 35.6 Å². The third-order valence-electron chi connectivity index (χ3n) is 6.62. The Morgan fingerprint density at radius 1 is 1.15 bits per heavy atom. The Bertz CT molecular complexity index is 1350. The summed E-state index contributed by atoms with van der Waals surface area (Å²) in [6, 6.07) is 11.6. The van der Waals surface area contributed by atoms with E-state index in [2.05, 4.69) is 20.5 Å². The molecule has 2 fully saturated rings. The van der Waals surface area contributed by atoms with E-state index in [9.17, 15) is 14.7 Å². The van der Waals surface area contributed by atoms with E-state index < -0.39 is 23.6 Å². The van der Waals surface area contributed by atoms with Gasteiger partial charge in [0.25, 0.3) is 5.91 Å². The number of morpholine rings is 1. The SMILES string of the molecule is C[C@@H]1CN(c2cccc(-c3csc(NC(=O)CNC(=O)c4cccc(C5(F)COCC5O)c4)n3)n2)C[C@H](C)O1. The van der Waals surface area contributed by atoms with E-state index in [4.69, 9.17) is 14.5 Å². The van der Waals surface area contributed by atoms with Gasteiger partial charge in [-0.25, -0.2) is 14.4 Å². The molecular formula is C27H30FN5O5S. The van der Waals surface area contributed by atoms with Gasteiger partial charge < -0.3 is 30.1 Å². The number of hydrogen-bond acceptors (Lipinski definition) is 9. The van der Waals surface area contributed by atoms with Crippen LogP contribution in [0.3, 0.4) is 0 Å². The monoisotopic (exact) mass is 555 g/mol. The number of aromatic nitrogens is 2. The van der Waals surface area contributed by atoms with Gasteiger partial charge in [0.15, 0.2) is 10.8 Å². The molecule has 2 unspecified atom stereocenters. The van der Waals surface area contributed by atoms with Gasteiger partial charge in [-0.05, 0) is 43.7 Å². The second kappa shape index (κ2) is 11.3. The molecule has 0 radical (unpaired) electrons. The number of aliphatic hydroxyl groups excluding tert-OH is 1. The highest BCUT2D eigenvalue weighted by molar-refractivity contribution is 7.14. The molecule has 1 aromatic carbocycles. The van der Waals surface area contributed by atoms with Crippen molar-refractivity contribution in [2.24, 2.45) is 0 Å². The lowest BCUT2D eigenvalue weighted by Gasteiger charge is -2.36. The van der Waals surface area contributed by atoms with Crippen molar-refractivity contribution >= 4 is 34.1 Å². The molecule has 2 aliphatic heterocycles. The Morgan fingerprint density at radius 3 is 2.67 bits per heavy atom. The maximum Gasteiger partial charge on any atom is 0.251 e. The van der Waals surface area contributed by atoms with Gasteiger partial charge in [-0.3, -0.25) is 9.59 Å². The lowest BCUT2D eigenvalue weighted by Crippen LogP contribution is -2.45. The van der Waals surface area contributed by atoms with Crippen LogP contribution in [0.25, 0.3) is 11.4 Å². The Morgan fingerprint density at radius 2 is 1.92 bits per heavy atom. The molecule has 2 amide bonds. The first-order valence-electron chi connectivity index (χ1n) is 12.7. The van der Waals surface area contributed by atoms with E-state index in [1.54, 1.807) is 0 Å². The molecular weight excluding hydrogens is 525 g/mol. The summed E-state index contributed by atoms with van der Waals surface area (Å²) in [4.78, 5) is 36.5.